The predicted molar refractivity (Wildman–Crippen MR) is 97.3 cm³/mol. The van der Waals surface area contributed by atoms with Gasteiger partial charge >= 0.3 is 6.03 Å². The summed E-state index contributed by atoms with van der Waals surface area (Å²) in [5.74, 6) is -0.258. The van der Waals surface area contributed by atoms with Crippen LogP contribution in [0.3, 0.4) is 0 Å². The number of amides is 2. The lowest BCUT2D eigenvalue weighted by molar-refractivity contribution is 0.206. The summed E-state index contributed by atoms with van der Waals surface area (Å²) < 4.78 is 13.6. The molecule has 4 rings (SSSR count). The Morgan fingerprint density at radius 3 is 2.92 bits per heavy atom. The number of carbonyl (C=O) groups is 1. The Morgan fingerprint density at radius 1 is 1.24 bits per heavy atom. The zero-order valence-electron chi connectivity index (χ0n) is 14.3. The van der Waals surface area contributed by atoms with Gasteiger partial charge in [-0.15, -0.1) is 0 Å². The average molecular weight is 337 g/mol. The summed E-state index contributed by atoms with van der Waals surface area (Å²) in [4.78, 5) is 17.8. The second-order valence-electron chi connectivity index (χ2n) is 6.62. The number of urea groups is 1. The van der Waals surface area contributed by atoms with Crippen LogP contribution < -0.4 is 5.32 Å². The summed E-state index contributed by atoms with van der Waals surface area (Å²) >= 11 is 0. The molecular weight excluding hydrogens is 317 g/mol. The summed E-state index contributed by atoms with van der Waals surface area (Å²) in [6.45, 7) is 5.15. The van der Waals surface area contributed by atoms with E-state index in [1.54, 1.807) is 11.0 Å². The molecule has 0 saturated carbocycles. The third-order valence-corrected chi connectivity index (χ3v) is 5.07. The van der Waals surface area contributed by atoms with E-state index in [0.29, 0.717) is 13.1 Å². The Morgan fingerprint density at radius 2 is 2.08 bits per heavy atom. The highest BCUT2D eigenvalue weighted by molar-refractivity contribution is 5.91. The first-order chi connectivity index (χ1) is 12.0. The number of carbonyl (C=O) groups excluding carboxylic acids is 1. The van der Waals surface area contributed by atoms with Crippen molar-refractivity contribution < 1.29 is 9.18 Å². The van der Waals surface area contributed by atoms with Crippen molar-refractivity contribution in [2.45, 2.75) is 26.8 Å². The molecule has 4 nitrogen and oxygen atoms in total. The molecule has 0 atom stereocenters. The van der Waals surface area contributed by atoms with Crippen molar-refractivity contribution in [3.05, 3.63) is 64.6 Å². The van der Waals surface area contributed by atoms with E-state index >= 15 is 0 Å². The van der Waals surface area contributed by atoms with E-state index in [-0.39, 0.29) is 11.8 Å². The van der Waals surface area contributed by atoms with Gasteiger partial charge in [0, 0.05) is 47.4 Å². The van der Waals surface area contributed by atoms with Gasteiger partial charge in [-0.3, -0.25) is 0 Å². The molecule has 0 saturated heterocycles. The maximum Gasteiger partial charge on any atom is 0.322 e. The van der Waals surface area contributed by atoms with Gasteiger partial charge in [0.05, 0.1) is 0 Å². The highest BCUT2D eigenvalue weighted by Gasteiger charge is 2.24. The van der Waals surface area contributed by atoms with E-state index in [4.69, 9.17) is 0 Å². The summed E-state index contributed by atoms with van der Waals surface area (Å²) in [7, 11) is 0. The number of benzene rings is 2. The molecule has 2 heterocycles. The van der Waals surface area contributed by atoms with Crippen LogP contribution in [-0.2, 0) is 13.0 Å². The van der Waals surface area contributed by atoms with Crippen LogP contribution in [0.1, 0.15) is 22.4 Å². The van der Waals surface area contributed by atoms with Gasteiger partial charge in [0.2, 0.25) is 0 Å². The topological polar surface area (TPSA) is 48.1 Å². The molecule has 5 heteroatoms. The van der Waals surface area contributed by atoms with Crippen molar-refractivity contribution in [1.29, 1.82) is 0 Å². The number of H-pyrrole nitrogens is 1. The molecule has 1 aliphatic rings. The molecule has 2 N–H and O–H groups in total. The van der Waals surface area contributed by atoms with Crippen molar-refractivity contribution in [1.82, 2.24) is 9.88 Å². The molecule has 2 aromatic carbocycles. The summed E-state index contributed by atoms with van der Waals surface area (Å²) in [6.07, 6.45) is 0.742. The van der Waals surface area contributed by atoms with Crippen LogP contribution in [0.15, 0.2) is 36.4 Å². The number of aromatic nitrogens is 1. The zero-order valence-corrected chi connectivity index (χ0v) is 14.3. The number of halogens is 1. The molecule has 3 aromatic rings. The number of nitrogens with zero attached hydrogens (tertiary/aromatic N) is 1. The van der Waals surface area contributed by atoms with Crippen molar-refractivity contribution in [2.24, 2.45) is 0 Å². The predicted octanol–water partition coefficient (Wildman–Crippen LogP) is 4.51. The lowest BCUT2D eigenvalue weighted by Crippen LogP contribution is -2.38. The van der Waals surface area contributed by atoms with Crippen LogP contribution in [-0.4, -0.2) is 22.5 Å². The molecule has 25 heavy (non-hydrogen) atoms. The molecular formula is C20H20FN3O. The van der Waals surface area contributed by atoms with Gasteiger partial charge in [-0.05, 0) is 49.2 Å². The number of hydrogen-bond acceptors (Lipinski definition) is 1. The highest BCUT2D eigenvalue weighted by atomic mass is 19.1. The molecule has 2 amide bonds. The van der Waals surface area contributed by atoms with Crippen molar-refractivity contribution in [3.8, 4) is 0 Å². The standard InChI is InChI=1S/C20H20FN3O/c1-12-4-3-5-17(13(12)2)23-20(25)24-9-8-19-16(11-24)15-10-14(21)6-7-18(15)22-19/h3-7,10,22H,8-9,11H2,1-2H3,(H,23,25). The van der Waals surface area contributed by atoms with Gasteiger partial charge in [0.15, 0.2) is 0 Å². The first kappa shape index (κ1) is 15.7. The molecule has 1 aliphatic heterocycles. The van der Waals surface area contributed by atoms with Crippen LogP contribution in [0, 0.1) is 19.7 Å². The lowest BCUT2D eigenvalue weighted by Gasteiger charge is -2.28. The maximum atomic E-state index is 13.6. The molecule has 0 unspecified atom stereocenters. The largest absolute Gasteiger partial charge is 0.358 e. The average Bonchev–Trinajstić information content (AvgIpc) is 2.96. The van der Waals surface area contributed by atoms with Gasteiger partial charge in [0.25, 0.3) is 0 Å². The minimum Gasteiger partial charge on any atom is -0.358 e. The quantitative estimate of drug-likeness (QED) is 0.674. The van der Waals surface area contributed by atoms with E-state index in [2.05, 4.69) is 10.3 Å². The van der Waals surface area contributed by atoms with Crippen molar-refractivity contribution in [2.75, 3.05) is 11.9 Å². The first-order valence-corrected chi connectivity index (χ1v) is 8.44. The summed E-state index contributed by atoms with van der Waals surface area (Å²) in [5.41, 5.74) is 6.07. The van der Waals surface area contributed by atoms with E-state index in [0.717, 1.165) is 45.4 Å². The smallest absolute Gasteiger partial charge is 0.322 e. The number of anilines is 1. The number of nitrogens with one attached hydrogen (secondary N) is 2. The molecule has 128 valence electrons. The number of aryl methyl sites for hydroxylation is 1. The van der Waals surface area contributed by atoms with E-state index in [1.807, 2.05) is 32.0 Å². The molecule has 0 fully saturated rings. The van der Waals surface area contributed by atoms with E-state index < -0.39 is 0 Å². The van der Waals surface area contributed by atoms with Gasteiger partial charge in [0.1, 0.15) is 5.82 Å². The second-order valence-corrected chi connectivity index (χ2v) is 6.62. The van der Waals surface area contributed by atoms with Gasteiger partial charge in [-0.25, -0.2) is 9.18 Å². The maximum absolute atomic E-state index is 13.6. The Labute approximate surface area is 145 Å². The fraction of sp³-hybridized carbons (Fsp3) is 0.250. The minimum absolute atomic E-state index is 0.120. The minimum atomic E-state index is -0.258. The highest BCUT2D eigenvalue weighted by Crippen LogP contribution is 2.29. The number of hydrogen-bond donors (Lipinski definition) is 2. The summed E-state index contributed by atoms with van der Waals surface area (Å²) in [5, 5.41) is 3.87. The molecule has 0 bridgehead atoms. The third kappa shape index (κ3) is 2.76. The molecule has 0 spiro atoms. The Bertz CT molecular complexity index is 976. The van der Waals surface area contributed by atoms with Crippen molar-refractivity contribution in [3.63, 3.8) is 0 Å². The number of rotatable bonds is 1. The van der Waals surface area contributed by atoms with Crippen LogP contribution in [0.5, 0.6) is 0 Å². The van der Waals surface area contributed by atoms with E-state index in [1.165, 1.54) is 12.1 Å². The second kappa shape index (κ2) is 5.92. The normalized spacial score (nSPS) is 13.8. The SMILES string of the molecule is Cc1cccc(NC(=O)N2CCc3[nH]c4ccc(F)cc4c3C2)c1C. The zero-order chi connectivity index (χ0) is 17.6. The molecule has 0 aliphatic carbocycles. The number of fused-ring (bicyclic) bond motifs is 3. The Hall–Kier alpha value is -2.82. The molecule has 0 radical (unpaired) electrons. The van der Waals surface area contributed by atoms with E-state index in [9.17, 15) is 9.18 Å². The van der Waals surface area contributed by atoms with Crippen LogP contribution in [0.25, 0.3) is 10.9 Å². The van der Waals surface area contributed by atoms with Crippen LogP contribution in [0.2, 0.25) is 0 Å². The Kier molecular flexibility index (Phi) is 3.71. The van der Waals surface area contributed by atoms with Crippen LogP contribution >= 0.6 is 0 Å². The third-order valence-electron chi connectivity index (χ3n) is 5.07. The van der Waals surface area contributed by atoms with Crippen LogP contribution in [0.4, 0.5) is 14.9 Å². The van der Waals surface area contributed by atoms with Gasteiger partial charge in [-0.2, -0.15) is 0 Å². The Balaban J connectivity index is 1.59. The molecule has 1 aromatic heterocycles. The fourth-order valence-electron chi connectivity index (χ4n) is 3.44. The lowest BCUT2D eigenvalue weighted by atomic mass is 10.0. The fourth-order valence-corrected chi connectivity index (χ4v) is 3.44. The van der Waals surface area contributed by atoms with Gasteiger partial charge < -0.3 is 15.2 Å². The monoisotopic (exact) mass is 337 g/mol. The van der Waals surface area contributed by atoms with Gasteiger partial charge in [-0.1, -0.05) is 12.1 Å². The number of aromatic amines is 1. The van der Waals surface area contributed by atoms with Crippen molar-refractivity contribution >= 4 is 22.6 Å². The first-order valence-electron chi connectivity index (χ1n) is 8.44. The summed E-state index contributed by atoms with van der Waals surface area (Å²) in [6, 6.07) is 10.5.